The van der Waals surface area contributed by atoms with Crippen molar-refractivity contribution in [2.45, 2.75) is 89.3 Å². The van der Waals surface area contributed by atoms with E-state index in [-0.39, 0.29) is 5.91 Å². The van der Waals surface area contributed by atoms with Gasteiger partial charge in [-0.05, 0) is 42.7 Å². The first kappa shape index (κ1) is 20.3. The van der Waals surface area contributed by atoms with Gasteiger partial charge in [0.05, 0.1) is 0 Å². The number of hydrogen-bond acceptors (Lipinski definition) is 3. The maximum atomic E-state index is 13.0. The molecule has 2 aliphatic rings. The van der Waals surface area contributed by atoms with Crippen molar-refractivity contribution >= 4 is 5.91 Å². The number of carbonyl (C=O) groups is 1. The van der Waals surface area contributed by atoms with Crippen molar-refractivity contribution in [3.8, 4) is 0 Å². The lowest BCUT2D eigenvalue weighted by Gasteiger charge is -2.39. The van der Waals surface area contributed by atoms with E-state index in [0.29, 0.717) is 31.5 Å². The van der Waals surface area contributed by atoms with Gasteiger partial charge in [-0.2, -0.15) is 0 Å². The zero-order chi connectivity index (χ0) is 19.3. The smallest absolute Gasteiger partial charge is 0.256 e. The van der Waals surface area contributed by atoms with Crippen molar-refractivity contribution < 1.29 is 9.90 Å². The summed E-state index contributed by atoms with van der Waals surface area (Å²) in [6.45, 7) is 6.08. The number of benzene rings is 1. The minimum Gasteiger partial charge on any atom is -0.379 e. The highest BCUT2D eigenvalue weighted by Gasteiger charge is 2.42. The van der Waals surface area contributed by atoms with E-state index in [2.05, 4.69) is 43.4 Å². The molecule has 0 radical (unpaired) electrons. The monoisotopic (exact) mass is 372 g/mol. The van der Waals surface area contributed by atoms with Crippen LogP contribution in [0.4, 0.5) is 0 Å². The summed E-state index contributed by atoms with van der Waals surface area (Å²) >= 11 is 0. The standard InChI is InChI=1S/C23H36N2O2/c1-18(2)20-12-10-19(11-13-20)16-25-15-7-14-23(27,22(25)26)17-24-21-8-5-3-4-6-9-21/h10-13,18,21,24,27H,3-9,14-17H2,1-2H3/t23-/m0/s1. The summed E-state index contributed by atoms with van der Waals surface area (Å²) in [5.74, 6) is 0.402. The molecule has 1 saturated heterocycles. The van der Waals surface area contributed by atoms with Crippen molar-refractivity contribution in [1.29, 1.82) is 0 Å². The first-order valence-electron chi connectivity index (χ1n) is 10.8. The summed E-state index contributed by atoms with van der Waals surface area (Å²) in [7, 11) is 0. The molecule has 27 heavy (non-hydrogen) atoms. The van der Waals surface area contributed by atoms with E-state index in [4.69, 9.17) is 0 Å². The molecule has 1 amide bonds. The molecule has 1 aliphatic heterocycles. The Morgan fingerprint density at radius 3 is 2.41 bits per heavy atom. The van der Waals surface area contributed by atoms with Gasteiger partial charge in [0.25, 0.3) is 5.91 Å². The van der Waals surface area contributed by atoms with Crippen LogP contribution in [0.25, 0.3) is 0 Å². The number of nitrogens with one attached hydrogen (secondary N) is 1. The van der Waals surface area contributed by atoms with E-state index in [1.165, 1.54) is 31.2 Å². The average molecular weight is 373 g/mol. The molecule has 1 heterocycles. The highest BCUT2D eigenvalue weighted by atomic mass is 16.3. The lowest BCUT2D eigenvalue weighted by molar-refractivity contribution is -0.157. The molecule has 4 heteroatoms. The molecule has 1 aliphatic carbocycles. The SMILES string of the molecule is CC(C)c1ccc(CN2CCC[C@](O)(CNC3CCCCCC3)C2=O)cc1. The van der Waals surface area contributed by atoms with Gasteiger partial charge in [-0.25, -0.2) is 0 Å². The quantitative estimate of drug-likeness (QED) is 0.743. The minimum absolute atomic E-state index is 0.109. The molecule has 4 nitrogen and oxygen atoms in total. The molecule has 1 aromatic carbocycles. The lowest BCUT2D eigenvalue weighted by atomic mass is 9.90. The van der Waals surface area contributed by atoms with E-state index in [1.54, 1.807) is 0 Å². The molecule has 3 rings (SSSR count). The topological polar surface area (TPSA) is 52.6 Å². The van der Waals surface area contributed by atoms with Crippen molar-refractivity contribution in [3.63, 3.8) is 0 Å². The summed E-state index contributed by atoms with van der Waals surface area (Å²) in [4.78, 5) is 14.8. The highest BCUT2D eigenvalue weighted by molar-refractivity contribution is 5.86. The zero-order valence-corrected chi connectivity index (χ0v) is 17.0. The fourth-order valence-corrected chi connectivity index (χ4v) is 4.41. The Morgan fingerprint density at radius 2 is 1.78 bits per heavy atom. The third-order valence-electron chi connectivity index (χ3n) is 6.26. The van der Waals surface area contributed by atoms with Gasteiger partial charge in [0.15, 0.2) is 5.60 Å². The minimum atomic E-state index is -1.25. The largest absolute Gasteiger partial charge is 0.379 e. The van der Waals surface area contributed by atoms with Crippen LogP contribution in [0, 0.1) is 0 Å². The predicted octanol–water partition coefficient (Wildman–Crippen LogP) is 3.98. The number of piperidine rings is 1. The second-order valence-corrected chi connectivity index (χ2v) is 8.83. The third kappa shape index (κ3) is 5.32. The number of amides is 1. The van der Waals surface area contributed by atoms with Crippen molar-refractivity contribution in [2.24, 2.45) is 0 Å². The molecule has 0 spiro atoms. The van der Waals surface area contributed by atoms with Gasteiger partial charge in [-0.1, -0.05) is 63.8 Å². The first-order chi connectivity index (χ1) is 13.0. The van der Waals surface area contributed by atoms with Crippen LogP contribution in [-0.4, -0.2) is 40.6 Å². The molecule has 0 aromatic heterocycles. The Morgan fingerprint density at radius 1 is 1.11 bits per heavy atom. The molecule has 1 atom stereocenters. The average Bonchev–Trinajstić information content (AvgIpc) is 2.93. The van der Waals surface area contributed by atoms with Gasteiger partial charge in [0, 0.05) is 25.7 Å². The summed E-state index contributed by atoms with van der Waals surface area (Å²) in [5, 5.41) is 14.6. The normalized spacial score (nSPS) is 25.0. The Hall–Kier alpha value is -1.39. The highest BCUT2D eigenvalue weighted by Crippen LogP contribution is 2.25. The molecule has 0 unspecified atom stereocenters. The van der Waals surface area contributed by atoms with Gasteiger partial charge >= 0.3 is 0 Å². The van der Waals surface area contributed by atoms with Crippen LogP contribution in [0.1, 0.15) is 82.3 Å². The molecular formula is C23H36N2O2. The summed E-state index contributed by atoms with van der Waals surface area (Å²) < 4.78 is 0. The molecule has 1 aromatic rings. The molecule has 0 bridgehead atoms. The number of carbonyl (C=O) groups excluding carboxylic acids is 1. The summed E-state index contributed by atoms with van der Waals surface area (Å²) in [6, 6.07) is 8.96. The number of nitrogens with zero attached hydrogens (tertiary/aromatic N) is 1. The van der Waals surface area contributed by atoms with Crippen molar-refractivity contribution in [3.05, 3.63) is 35.4 Å². The van der Waals surface area contributed by atoms with Crippen LogP contribution in [0.3, 0.4) is 0 Å². The summed E-state index contributed by atoms with van der Waals surface area (Å²) in [5.41, 5.74) is 1.20. The Kier molecular flexibility index (Phi) is 6.93. The third-order valence-corrected chi connectivity index (χ3v) is 6.26. The van der Waals surface area contributed by atoms with Gasteiger partial charge in [-0.3, -0.25) is 4.79 Å². The van der Waals surface area contributed by atoms with E-state index in [0.717, 1.165) is 31.4 Å². The van der Waals surface area contributed by atoms with Crippen LogP contribution in [0.15, 0.2) is 24.3 Å². The van der Waals surface area contributed by atoms with Crippen molar-refractivity contribution in [2.75, 3.05) is 13.1 Å². The lowest BCUT2D eigenvalue weighted by Crippen LogP contribution is -2.58. The molecule has 1 saturated carbocycles. The number of rotatable bonds is 6. The summed E-state index contributed by atoms with van der Waals surface area (Å²) in [6.07, 6.45) is 8.87. The number of aliphatic hydroxyl groups is 1. The number of likely N-dealkylation sites (tertiary alicyclic amines) is 1. The van der Waals surface area contributed by atoms with E-state index < -0.39 is 5.60 Å². The maximum absolute atomic E-state index is 13.0. The van der Waals surface area contributed by atoms with Crippen LogP contribution >= 0.6 is 0 Å². The van der Waals surface area contributed by atoms with Crippen LogP contribution < -0.4 is 5.32 Å². The fourth-order valence-electron chi connectivity index (χ4n) is 4.41. The van der Waals surface area contributed by atoms with Gasteiger partial charge in [0.1, 0.15) is 0 Å². The second kappa shape index (κ2) is 9.20. The van der Waals surface area contributed by atoms with Crippen molar-refractivity contribution in [1.82, 2.24) is 10.2 Å². The molecular weight excluding hydrogens is 336 g/mol. The van der Waals surface area contributed by atoms with Gasteiger partial charge in [-0.15, -0.1) is 0 Å². The number of hydrogen-bond donors (Lipinski definition) is 2. The van der Waals surface area contributed by atoms with Gasteiger partial charge in [0.2, 0.25) is 0 Å². The van der Waals surface area contributed by atoms with Gasteiger partial charge < -0.3 is 15.3 Å². The Balaban J connectivity index is 1.58. The van der Waals surface area contributed by atoms with Crippen LogP contribution in [0.2, 0.25) is 0 Å². The molecule has 2 fully saturated rings. The first-order valence-corrected chi connectivity index (χ1v) is 10.8. The van der Waals surface area contributed by atoms with E-state index in [1.807, 2.05) is 4.90 Å². The zero-order valence-electron chi connectivity index (χ0n) is 17.0. The fraction of sp³-hybridized carbons (Fsp3) is 0.696. The van der Waals surface area contributed by atoms with Crippen LogP contribution in [0.5, 0.6) is 0 Å². The van der Waals surface area contributed by atoms with Crippen LogP contribution in [-0.2, 0) is 11.3 Å². The molecule has 2 N–H and O–H groups in total. The predicted molar refractivity (Wildman–Crippen MR) is 110 cm³/mol. The van der Waals surface area contributed by atoms with E-state index in [9.17, 15) is 9.90 Å². The second-order valence-electron chi connectivity index (χ2n) is 8.83. The molecule has 150 valence electrons. The van der Waals surface area contributed by atoms with E-state index >= 15 is 0 Å². The Labute approximate surface area is 164 Å². The Bertz CT molecular complexity index is 605. The maximum Gasteiger partial charge on any atom is 0.256 e.